The van der Waals surface area contributed by atoms with Gasteiger partial charge in [0.1, 0.15) is 0 Å². The Morgan fingerprint density at radius 1 is 1.36 bits per heavy atom. The van der Waals surface area contributed by atoms with E-state index in [1.165, 1.54) is 6.34 Å². The standard InChI is InChI=1S/C7H14N2O2/c1-3-6(10)7(11,4-2)9-5-8-6/h5,10-11H,3-4H2,1-2H3,(H,8,9). The molecule has 1 rings (SSSR count). The van der Waals surface area contributed by atoms with Gasteiger partial charge in [-0.25, -0.2) is 4.99 Å². The third kappa shape index (κ3) is 1.02. The first-order chi connectivity index (χ1) is 5.08. The zero-order chi connectivity index (χ0) is 8.54. The van der Waals surface area contributed by atoms with Gasteiger partial charge in [-0.2, -0.15) is 0 Å². The summed E-state index contributed by atoms with van der Waals surface area (Å²) in [5.41, 5.74) is -2.62. The second-order valence-corrected chi connectivity index (χ2v) is 2.79. The fourth-order valence-electron chi connectivity index (χ4n) is 1.24. The van der Waals surface area contributed by atoms with Crippen LogP contribution < -0.4 is 5.32 Å². The number of hydrogen-bond acceptors (Lipinski definition) is 4. The van der Waals surface area contributed by atoms with E-state index in [1.807, 2.05) is 0 Å². The van der Waals surface area contributed by atoms with Gasteiger partial charge in [-0.3, -0.25) is 0 Å². The van der Waals surface area contributed by atoms with Crippen LogP contribution in [0.4, 0.5) is 0 Å². The molecule has 0 saturated carbocycles. The molecule has 64 valence electrons. The van der Waals surface area contributed by atoms with Crippen LogP contribution in [0.2, 0.25) is 0 Å². The summed E-state index contributed by atoms with van der Waals surface area (Å²) in [7, 11) is 0. The Hall–Kier alpha value is -0.610. The summed E-state index contributed by atoms with van der Waals surface area (Å²) in [6.45, 7) is 3.58. The quantitative estimate of drug-likeness (QED) is 0.522. The number of aliphatic imine (C=N–C) groups is 1. The van der Waals surface area contributed by atoms with Gasteiger partial charge in [-0.05, 0) is 12.8 Å². The normalized spacial score (nSPS) is 42.5. The van der Waals surface area contributed by atoms with Crippen LogP contribution in [0.5, 0.6) is 0 Å². The van der Waals surface area contributed by atoms with Crippen molar-refractivity contribution in [2.75, 3.05) is 0 Å². The predicted molar refractivity (Wildman–Crippen MR) is 42.1 cm³/mol. The average Bonchev–Trinajstić information content (AvgIpc) is 2.31. The first-order valence-corrected chi connectivity index (χ1v) is 3.84. The molecular formula is C7H14N2O2. The zero-order valence-corrected chi connectivity index (χ0v) is 6.83. The zero-order valence-electron chi connectivity index (χ0n) is 6.83. The Balaban J connectivity index is 2.86. The molecule has 1 heterocycles. The van der Waals surface area contributed by atoms with Gasteiger partial charge in [0.2, 0.25) is 5.72 Å². The number of rotatable bonds is 2. The summed E-state index contributed by atoms with van der Waals surface area (Å²) in [5, 5.41) is 22.1. The van der Waals surface area contributed by atoms with Crippen molar-refractivity contribution in [2.45, 2.75) is 38.1 Å². The van der Waals surface area contributed by atoms with Crippen molar-refractivity contribution in [3.63, 3.8) is 0 Å². The highest BCUT2D eigenvalue weighted by Gasteiger charge is 2.49. The topological polar surface area (TPSA) is 64.9 Å². The van der Waals surface area contributed by atoms with Crippen LogP contribution in [-0.4, -0.2) is 28.0 Å². The Morgan fingerprint density at radius 2 is 2.00 bits per heavy atom. The minimum Gasteiger partial charge on any atom is -0.367 e. The summed E-state index contributed by atoms with van der Waals surface area (Å²) >= 11 is 0. The van der Waals surface area contributed by atoms with E-state index in [9.17, 15) is 10.2 Å². The lowest BCUT2D eigenvalue weighted by molar-refractivity contribution is -0.148. The number of aliphatic hydroxyl groups is 2. The summed E-state index contributed by atoms with van der Waals surface area (Å²) < 4.78 is 0. The van der Waals surface area contributed by atoms with Crippen molar-refractivity contribution in [3.8, 4) is 0 Å². The van der Waals surface area contributed by atoms with E-state index in [-0.39, 0.29) is 0 Å². The van der Waals surface area contributed by atoms with Crippen molar-refractivity contribution < 1.29 is 10.2 Å². The van der Waals surface area contributed by atoms with Crippen LogP contribution in [0.25, 0.3) is 0 Å². The van der Waals surface area contributed by atoms with Crippen molar-refractivity contribution in [1.29, 1.82) is 0 Å². The number of hydrogen-bond donors (Lipinski definition) is 3. The largest absolute Gasteiger partial charge is 0.367 e. The van der Waals surface area contributed by atoms with Crippen molar-refractivity contribution in [3.05, 3.63) is 0 Å². The van der Waals surface area contributed by atoms with Gasteiger partial charge in [0.05, 0.1) is 6.34 Å². The molecule has 0 fully saturated rings. The maximum Gasteiger partial charge on any atom is 0.205 e. The van der Waals surface area contributed by atoms with Crippen LogP contribution in [-0.2, 0) is 0 Å². The first kappa shape index (κ1) is 8.49. The van der Waals surface area contributed by atoms with Crippen molar-refractivity contribution in [1.82, 2.24) is 5.32 Å². The molecule has 1 aliphatic heterocycles. The third-order valence-electron chi connectivity index (χ3n) is 2.25. The number of nitrogens with zero attached hydrogens (tertiary/aromatic N) is 1. The van der Waals surface area contributed by atoms with Crippen LogP contribution >= 0.6 is 0 Å². The lowest BCUT2D eigenvalue weighted by Gasteiger charge is -2.34. The maximum absolute atomic E-state index is 9.73. The lowest BCUT2D eigenvalue weighted by Crippen LogP contribution is -2.56. The first-order valence-electron chi connectivity index (χ1n) is 3.84. The highest BCUT2D eigenvalue weighted by atomic mass is 16.4. The molecule has 3 N–H and O–H groups in total. The van der Waals surface area contributed by atoms with E-state index in [2.05, 4.69) is 10.3 Å². The Bertz CT molecular complexity index is 183. The summed E-state index contributed by atoms with van der Waals surface area (Å²) in [4.78, 5) is 3.78. The van der Waals surface area contributed by atoms with E-state index in [0.717, 1.165) is 0 Å². The summed E-state index contributed by atoms with van der Waals surface area (Å²) in [6, 6.07) is 0. The second-order valence-electron chi connectivity index (χ2n) is 2.79. The molecule has 0 amide bonds. The predicted octanol–water partition coefficient (Wildman–Crippen LogP) is -0.185. The molecule has 2 atom stereocenters. The van der Waals surface area contributed by atoms with Crippen LogP contribution in [0.15, 0.2) is 4.99 Å². The maximum atomic E-state index is 9.73. The van der Waals surface area contributed by atoms with Crippen molar-refractivity contribution >= 4 is 6.34 Å². The van der Waals surface area contributed by atoms with Crippen LogP contribution in [0.3, 0.4) is 0 Å². The molecule has 4 nitrogen and oxygen atoms in total. The molecule has 0 aromatic carbocycles. The Kier molecular flexibility index (Phi) is 1.90. The summed E-state index contributed by atoms with van der Waals surface area (Å²) in [6.07, 6.45) is 2.19. The highest BCUT2D eigenvalue weighted by molar-refractivity contribution is 5.60. The van der Waals surface area contributed by atoms with E-state index >= 15 is 0 Å². The van der Waals surface area contributed by atoms with Crippen LogP contribution in [0.1, 0.15) is 26.7 Å². The molecule has 2 unspecified atom stereocenters. The van der Waals surface area contributed by atoms with Gasteiger partial charge < -0.3 is 15.5 Å². The van der Waals surface area contributed by atoms with E-state index in [4.69, 9.17) is 0 Å². The minimum absolute atomic E-state index is 0.404. The van der Waals surface area contributed by atoms with Crippen molar-refractivity contribution in [2.24, 2.45) is 4.99 Å². The molecule has 0 aromatic rings. The average molecular weight is 158 g/mol. The fourth-order valence-corrected chi connectivity index (χ4v) is 1.24. The van der Waals surface area contributed by atoms with Crippen LogP contribution in [0, 0.1) is 0 Å². The molecule has 0 aliphatic carbocycles. The molecule has 0 saturated heterocycles. The molecule has 0 radical (unpaired) electrons. The third-order valence-corrected chi connectivity index (χ3v) is 2.25. The molecule has 0 aromatic heterocycles. The molecule has 1 aliphatic rings. The number of nitrogens with one attached hydrogen (secondary N) is 1. The lowest BCUT2D eigenvalue weighted by atomic mass is 9.96. The highest BCUT2D eigenvalue weighted by Crippen LogP contribution is 2.30. The minimum atomic E-state index is -1.35. The Morgan fingerprint density at radius 3 is 2.36 bits per heavy atom. The van der Waals surface area contributed by atoms with Gasteiger partial charge in [-0.15, -0.1) is 0 Å². The Labute approximate surface area is 66.0 Å². The van der Waals surface area contributed by atoms with Gasteiger partial charge >= 0.3 is 0 Å². The summed E-state index contributed by atoms with van der Waals surface area (Å²) in [5.74, 6) is 0. The van der Waals surface area contributed by atoms with Gasteiger partial charge in [0, 0.05) is 0 Å². The van der Waals surface area contributed by atoms with E-state index in [1.54, 1.807) is 13.8 Å². The fraction of sp³-hybridized carbons (Fsp3) is 0.857. The molecule has 11 heavy (non-hydrogen) atoms. The molecule has 0 bridgehead atoms. The smallest absolute Gasteiger partial charge is 0.205 e. The second kappa shape index (κ2) is 2.46. The van der Waals surface area contributed by atoms with E-state index in [0.29, 0.717) is 12.8 Å². The molecular weight excluding hydrogens is 144 g/mol. The monoisotopic (exact) mass is 158 g/mol. The molecule has 0 spiro atoms. The van der Waals surface area contributed by atoms with Gasteiger partial charge in [0.25, 0.3) is 0 Å². The van der Waals surface area contributed by atoms with Gasteiger partial charge in [0.15, 0.2) is 5.72 Å². The van der Waals surface area contributed by atoms with Gasteiger partial charge in [-0.1, -0.05) is 13.8 Å². The van der Waals surface area contributed by atoms with E-state index < -0.39 is 11.4 Å². The SMILES string of the molecule is CCC1(O)N=CNC1(O)CC. The molecule has 4 heteroatoms.